The first-order chi connectivity index (χ1) is 16.5. The Morgan fingerprint density at radius 1 is 1.12 bits per heavy atom. The summed E-state index contributed by atoms with van der Waals surface area (Å²) in [6.45, 7) is 0. The summed E-state index contributed by atoms with van der Waals surface area (Å²) in [5.74, 6) is -1.96. The maximum absolute atomic E-state index is 13.6. The summed E-state index contributed by atoms with van der Waals surface area (Å²) in [5, 5.41) is 12.4. The van der Waals surface area contributed by atoms with Crippen molar-refractivity contribution in [2.45, 2.75) is 6.04 Å². The molecule has 166 valence electrons. The molecule has 0 bridgehead atoms. The number of amides is 1. The number of aromatic nitrogens is 2. The Balaban J connectivity index is 1.50. The Hall–Kier alpha value is -4.01. The van der Waals surface area contributed by atoms with Gasteiger partial charge < -0.3 is 9.52 Å². The van der Waals surface area contributed by atoms with Crippen LogP contribution in [-0.2, 0) is 4.79 Å². The van der Waals surface area contributed by atoms with Crippen LogP contribution in [0.4, 0.5) is 5.13 Å². The van der Waals surface area contributed by atoms with E-state index in [0.717, 1.165) is 4.70 Å². The summed E-state index contributed by atoms with van der Waals surface area (Å²) in [6.07, 6.45) is 3.15. The van der Waals surface area contributed by atoms with Crippen molar-refractivity contribution < 1.29 is 19.1 Å². The lowest BCUT2D eigenvalue weighted by atomic mass is 9.96. The number of carbonyl (C=O) groups is 2. The average molecular weight is 488 g/mol. The number of thiazole rings is 1. The van der Waals surface area contributed by atoms with Crippen molar-refractivity contribution in [3.8, 4) is 0 Å². The summed E-state index contributed by atoms with van der Waals surface area (Å²) in [5.41, 5.74) is 1.65. The van der Waals surface area contributed by atoms with Crippen LogP contribution in [0.25, 0.3) is 21.2 Å². The van der Waals surface area contributed by atoms with E-state index in [4.69, 9.17) is 16.0 Å². The molecule has 0 saturated carbocycles. The van der Waals surface area contributed by atoms with E-state index in [-0.39, 0.29) is 11.3 Å². The molecule has 1 aliphatic heterocycles. The number of rotatable bonds is 4. The van der Waals surface area contributed by atoms with Gasteiger partial charge in [-0.1, -0.05) is 41.1 Å². The second kappa shape index (κ2) is 7.79. The third-order valence-corrected chi connectivity index (χ3v) is 6.91. The maximum atomic E-state index is 13.6. The van der Waals surface area contributed by atoms with Crippen LogP contribution in [0, 0.1) is 0 Å². The molecule has 0 spiro atoms. The molecule has 6 rings (SSSR count). The number of nitrogens with zero attached hydrogens (tertiary/aromatic N) is 3. The maximum Gasteiger partial charge on any atom is 0.296 e. The second-order valence-electron chi connectivity index (χ2n) is 7.71. The Bertz CT molecular complexity index is 1610. The molecule has 1 atom stereocenters. The zero-order valence-corrected chi connectivity index (χ0v) is 18.9. The van der Waals surface area contributed by atoms with Gasteiger partial charge in [0.1, 0.15) is 5.58 Å². The fraction of sp³-hybridized carbons (Fsp3) is 0.0400. The van der Waals surface area contributed by atoms with Crippen molar-refractivity contribution in [2.24, 2.45) is 0 Å². The molecule has 9 heteroatoms. The van der Waals surface area contributed by atoms with E-state index in [1.165, 1.54) is 16.2 Å². The Labute approximate surface area is 201 Å². The lowest BCUT2D eigenvalue weighted by Crippen LogP contribution is -2.31. The van der Waals surface area contributed by atoms with Gasteiger partial charge in [0.2, 0.25) is 5.78 Å². The topological polar surface area (TPSA) is 96.5 Å². The van der Waals surface area contributed by atoms with Gasteiger partial charge in [-0.2, -0.15) is 0 Å². The van der Waals surface area contributed by atoms with Gasteiger partial charge >= 0.3 is 0 Å². The van der Waals surface area contributed by atoms with Crippen LogP contribution < -0.4 is 4.90 Å². The summed E-state index contributed by atoms with van der Waals surface area (Å²) < 4.78 is 6.62. The number of aliphatic hydroxyl groups is 1. The number of pyridine rings is 1. The summed E-state index contributed by atoms with van der Waals surface area (Å²) in [6, 6.07) is 16.6. The number of para-hydroxylation sites is 1. The molecule has 1 aliphatic rings. The average Bonchev–Trinajstić information content (AvgIpc) is 3.53. The predicted octanol–water partition coefficient (Wildman–Crippen LogP) is 5.87. The van der Waals surface area contributed by atoms with E-state index in [9.17, 15) is 14.7 Å². The van der Waals surface area contributed by atoms with Gasteiger partial charge in [0, 0.05) is 22.8 Å². The number of anilines is 1. The first-order valence-corrected chi connectivity index (χ1v) is 11.5. The fourth-order valence-corrected chi connectivity index (χ4v) is 5.28. The minimum atomic E-state index is -0.925. The van der Waals surface area contributed by atoms with Gasteiger partial charge in [-0.25, -0.2) is 4.98 Å². The van der Waals surface area contributed by atoms with Crippen molar-refractivity contribution >= 4 is 60.9 Å². The number of benzene rings is 2. The van der Waals surface area contributed by atoms with Crippen molar-refractivity contribution in [2.75, 3.05) is 4.90 Å². The van der Waals surface area contributed by atoms with E-state index in [0.29, 0.717) is 32.2 Å². The number of ketones is 1. The molecular formula is C25H14ClN3O4S. The van der Waals surface area contributed by atoms with E-state index >= 15 is 0 Å². The predicted molar refractivity (Wildman–Crippen MR) is 129 cm³/mol. The SMILES string of the molecule is O=C(C1=C(O)C(=O)N(c2nc3ccccc3s2)C1c1cccnc1)c1cc2cc(Cl)ccc2o1. The van der Waals surface area contributed by atoms with Crippen LogP contribution in [0.15, 0.2) is 88.8 Å². The van der Waals surface area contributed by atoms with E-state index < -0.39 is 23.5 Å². The lowest BCUT2D eigenvalue weighted by Gasteiger charge is -2.23. The standard InChI is InChI=1S/C25H14ClN3O4S/c26-15-7-8-17-14(10-15)11-18(33-17)22(30)20-21(13-4-3-9-27-12-13)29(24(32)23(20)31)25-28-16-5-1-2-6-19(16)34-25/h1-12,21,31H. The van der Waals surface area contributed by atoms with Crippen LogP contribution in [0.3, 0.4) is 0 Å². The molecule has 1 unspecified atom stereocenters. The van der Waals surface area contributed by atoms with Gasteiger partial charge in [-0.15, -0.1) is 0 Å². The quantitative estimate of drug-likeness (QED) is 0.318. The number of aliphatic hydroxyl groups excluding tert-OH is 1. The van der Waals surface area contributed by atoms with Crippen molar-refractivity contribution in [3.63, 3.8) is 0 Å². The molecule has 2 aromatic carbocycles. The minimum absolute atomic E-state index is 0.00773. The van der Waals surface area contributed by atoms with Crippen LogP contribution in [-0.4, -0.2) is 26.8 Å². The molecule has 4 heterocycles. The van der Waals surface area contributed by atoms with Crippen molar-refractivity contribution in [1.82, 2.24) is 9.97 Å². The molecule has 5 aromatic rings. The molecule has 7 nitrogen and oxygen atoms in total. The van der Waals surface area contributed by atoms with Crippen molar-refractivity contribution in [3.05, 3.63) is 101 Å². The third kappa shape index (κ3) is 3.19. The first kappa shape index (κ1) is 20.6. The van der Waals surface area contributed by atoms with Gasteiger partial charge in [-0.05, 0) is 48.0 Å². The second-order valence-corrected chi connectivity index (χ2v) is 9.16. The number of carbonyl (C=O) groups excluding carboxylic acids is 2. The molecule has 1 N–H and O–H groups in total. The summed E-state index contributed by atoms with van der Waals surface area (Å²) in [7, 11) is 0. The van der Waals surface area contributed by atoms with Gasteiger partial charge in [0.15, 0.2) is 16.7 Å². The minimum Gasteiger partial charge on any atom is -0.503 e. The highest BCUT2D eigenvalue weighted by molar-refractivity contribution is 7.22. The first-order valence-electron chi connectivity index (χ1n) is 10.3. The Morgan fingerprint density at radius 3 is 2.76 bits per heavy atom. The normalized spacial score (nSPS) is 16.2. The molecule has 34 heavy (non-hydrogen) atoms. The number of fused-ring (bicyclic) bond motifs is 2. The smallest absolute Gasteiger partial charge is 0.296 e. The Morgan fingerprint density at radius 2 is 1.97 bits per heavy atom. The highest BCUT2D eigenvalue weighted by Crippen LogP contribution is 2.44. The van der Waals surface area contributed by atoms with Crippen molar-refractivity contribution in [1.29, 1.82) is 0 Å². The van der Waals surface area contributed by atoms with Gasteiger partial charge in [0.05, 0.1) is 21.8 Å². The fourth-order valence-electron chi connectivity index (χ4n) is 4.11. The molecular weight excluding hydrogens is 474 g/mol. The number of furan rings is 1. The van der Waals surface area contributed by atoms with Gasteiger partial charge in [0.25, 0.3) is 5.91 Å². The highest BCUT2D eigenvalue weighted by Gasteiger charge is 2.46. The van der Waals surface area contributed by atoms with Crippen LogP contribution in [0.2, 0.25) is 5.02 Å². The lowest BCUT2D eigenvalue weighted by molar-refractivity contribution is -0.117. The number of Topliss-reactive ketones (excluding diaryl/α,β-unsaturated/α-hetero) is 1. The van der Waals surface area contributed by atoms with E-state index in [1.807, 2.05) is 24.3 Å². The summed E-state index contributed by atoms with van der Waals surface area (Å²) in [4.78, 5) is 37.0. The molecule has 1 amide bonds. The Kier molecular flexibility index (Phi) is 4.72. The molecule has 0 saturated heterocycles. The molecule has 0 fully saturated rings. The molecule has 0 aliphatic carbocycles. The number of halogens is 1. The zero-order valence-electron chi connectivity index (χ0n) is 17.3. The number of hydrogen-bond donors (Lipinski definition) is 1. The highest BCUT2D eigenvalue weighted by atomic mass is 35.5. The van der Waals surface area contributed by atoms with Crippen LogP contribution >= 0.6 is 22.9 Å². The summed E-state index contributed by atoms with van der Waals surface area (Å²) >= 11 is 7.36. The van der Waals surface area contributed by atoms with E-state index in [2.05, 4.69) is 9.97 Å². The monoisotopic (exact) mass is 487 g/mol. The molecule has 0 radical (unpaired) electrons. The third-order valence-electron chi connectivity index (χ3n) is 5.64. The van der Waals surface area contributed by atoms with Crippen LogP contribution in [0.5, 0.6) is 0 Å². The number of hydrogen-bond acceptors (Lipinski definition) is 7. The molecule has 3 aromatic heterocycles. The van der Waals surface area contributed by atoms with Crippen LogP contribution in [0.1, 0.15) is 22.2 Å². The van der Waals surface area contributed by atoms with Gasteiger partial charge in [-0.3, -0.25) is 19.5 Å². The van der Waals surface area contributed by atoms with E-state index in [1.54, 1.807) is 48.8 Å². The zero-order chi connectivity index (χ0) is 23.4. The largest absolute Gasteiger partial charge is 0.503 e.